The van der Waals surface area contributed by atoms with Crippen LogP contribution in [0.1, 0.15) is 130 Å². The van der Waals surface area contributed by atoms with Crippen LogP contribution in [0.3, 0.4) is 0 Å². The molecule has 0 aromatic rings. The van der Waals surface area contributed by atoms with E-state index in [4.69, 9.17) is 0 Å². The van der Waals surface area contributed by atoms with E-state index in [2.05, 4.69) is 63.8 Å². The highest BCUT2D eigenvalue weighted by atomic mass is 15.1. The number of nitrogens with zero attached hydrogens (tertiary/aromatic N) is 1. The predicted octanol–water partition coefficient (Wildman–Crippen LogP) is 9.67. The molecule has 1 N–H and O–H groups in total. The third-order valence-electron chi connectivity index (χ3n) is 6.10. The number of allylic oxidation sites excluding steroid dienone is 4. The van der Waals surface area contributed by atoms with E-state index < -0.39 is 0 Å². The van der Waals surface area contributed by atoms with E-state index in [-0.39, 0.29) is 0 Å². The third kappa shape index (κ3) is 18.2. The molecule has 1 rings (SSSR count). The van der Waals surface area contributed by atoms with Crippen molar-refractivity contribution in [3.63, 3.8) is 0 Å². The van der Waals surface area contributed by atoms with Crippen LogP contribution in [-0.2, 0) is 0 Å². The lowest BCUT2D eigenvalue weighted by molar-refractivity contribution is 0.395. The first-order valence-corrected chi connectivity index (χ1v) is 13.7. The minimum Gasteiger partial charge on any atom is -0.391 e. The Balaban J connectivity index is 0.000000995. The summed E-state index contributed by atoms with van der Waals surface area (Å²) >= 11 is 0. The molecule has 1 fully saturated rings. The van der Waals surface area contributed by atoms with Crippen molar-refractivity contribution in [2.45, 2.75) is 130 Å². The molecule has 186 valence electrons. The fraction of sp³-hybridized carbons (Fsp3) is 0.733. The van der Waals surface area contributed by atoms with Crippen LogP contribution < -0.4 is 5.32 Å². The molecule has 1 saturated carbocycles. The van der Waals surface area contributed by atoms with Crippen molar-refractivity contribution in [1.29, 1.82) is 0 Å². The van der Waals surface area contributed by atoms with Gasteiger partial charge in [-0.1, -0.05) is 97.1 Å². The van der Waals surface area contributed by atoms with Crippen molar-refractivity contribution in [3.05, 3.63) is 48.5 Å². The Morgan fingerprint density at radius 2 is 1.31 bits per heavy atom. The average Bonchev–Trinajstić information content (AvgIpc) is 3.62. The molecule has 32 heavy (non-hydrogen) atoms. The minimum absolute atomic E-state index is 1.02. The lowest BCUT2D eigenvalue weighted by Gasteiger charge is -2.28. The van der Waals surface area contributed by atoms with Gasteiger partial charge in [0.2, 0.25) is 0 Å². The van der Waals surface area contributed by atoms with Gasteiger partial charge in [-0.3, -0.25) is 0 Å². The molecule has 0 aromatic heterocycles. The first kappa shape index (κ1) is 30.6. The molecule has 1 aliphatic rings. The molecule has 2 heteroatoms. The van der Waals surface area contributed by atoms with Crippen molar-refractivity contribution < 1.29 is 0 Å². The van der Waals surface area contributed by atoms with Crippen LogP contribution in [-0.4, -0.2) is 18.0 Å². The molecule has 0 spiro atoms. The summed E-state index contributed by atoms with van der Waals surface area (Å²) in [6.07, 6.45) is 22.6. The SMILES string of the molecule is C=C(CC)CCCCCCCCCCC(=C)N(CCC)C(=C)CC.CCCNC=C1CC1. The molecule has 0 atom stereocenters. The van der Waals surface area contributed by atoms with E-state index in [1.807, 2.05) is 0 Å². The third-order valence-corrected chi connectivity index (χ3v) is 6.10. The monoisotopic (exact) mass is 444 g/mol. The maximum absolute atomic E-state index is 4.29. The normalized spacial score (nSPS) is 11.9. The highest BCUT2D eigenvalue weighted by molar-refractivity contribution is 5.14. The molecule has 0 saturated heterocycles. The lowest BCUT2D eigenvalue weighted by Crippen LogP contribution is -2.22. The Hall–Kier alpha value is -1.44. The van der Waals surface area contributed by atoms with Crippen LogP contribution in [0.4, 0.5) is 0 Å². The number of rotatable bonds is 20. The number of hydrogen-bond donors (Lipinski definition) is 1. The van der Waals surface area contributed by atoms with Gasteiger partial charge in [0.05, 0.1) is 0 Å². The van der Waals surface area contributed by atoms with Crippen molar-refractivity contribution in [2.75, 3.05) is 13.1 Å². The van der Waals surface area contributed by atoms with Crippen LogP contribution in [0.5, 0.6) is 0 Å². The standard InChI is InChI=1S/C23H43N.C7H13N/c1-7-20-24(22(5)9-3)23(6)19-17-15-13-11-10-12-14-16-18-21(4)8-2;1-2-5-8-6-7-3-4-7/h4-20H2,1-3H3;6,8H,2-5H2,1H3. The summed E-state index contributed by atoms with van der Waals surface area (Å²) in [5.41, 5.74) is 5.48. The van der Waals surface area contributed by atoms with Crippen molar-refractivity contribution in [1.82, 2.24) is 10.2 Å². The second kappa shape index (κ2) is 21.4. The zero-order valence-corrected chi connectivity index (χ0v) is 22.4. The first-order valence-electron chi connectivity index (χ1n) is 13.7. The molecule has 0 amide bonds. The van der Waals surface area contributed by atoms with Gasteiger partial charge in [0.25, 0.3) is 0 Å². The maximum Gasteiger partial charge on any atom is 0.0221 e. The summed E-state index contributed by atoms with van der Waals surface area (Å²) < 4.78 is 0. The minimum atomic E-state index is 1.02. The Bertz CT molecular complexity index is 523. The summed E-state index contributed by atoms with van der Waals surface area (Å²) in [4.78, 5) is 2.34. The van der Waals surface area contributed by atoms with Crippen LogP contribution in [0.2, 0.25) is 0 Å². The fourth-order valence-electron chi connectivity index (χ4n) is 3.61. The quantitative estimate of drug-likeness (QED) is 0.148. The van der Waals surface area contributed by atoms with E-state index >= 15 is 0 Å². The summed E-state index contributed by atoms with van der Waals surface area (Å²) in [5.74, 6) is 0. The van der Waals surface area contributed by atoms with Crippen molar-refractivity contribution in [2.24, 2.45) is 0 Å². The average molecular weight is 445 g/mol. The van der Waals surface area contributed by atoms with Gasteiger partial charge in [-0.05, 0) is 70.4 Å². The summed E-state index contributed by atoms with van der Waals surface area (Å²) in [6, 6.07) is 0. The Morgan fingerprint density at radius 3 is 1.78 bits per heavy atom. The molecule has 0 radical (unpaired) electrons. The Morgan fingerprint density at radius 1 is 0.750 bits per heavy atom. The van der Waals surface area contributed by atoms with Gasteiger partial charge in [-0.15, -0.1) is 0 Å². The zero-order valence-electron chi connectivity index (χ0n) is 22.4. The van der Waals surface area contributed by atoms with Crippen molar-refractivity contribution in [3.8, 4) is 0 Å². The van der Waals surface area contributed by atoms with Crippen LogP contribution in [0.15, 0.2) is 48.5 Å². The molecule has 2 nitrogen and oxygen atoms in total. The van der Waals surface area contributed by atoms with Gasteiger partial charge in [0, 0.05) is 24.5 Å². The molecule has 0 aromatic carbocycles. The smallest absolute Gasteiger partial charge is 0.0221 e. The van der Waals surface area contributed by atoms with Crippen molar-refractivity contribution >= 4 is 0 Å². The van der Waals surface area contributed by atoms with Gasteiger partial charge in [0.1, 0.15) is 0 Å². The van der Waals surface area contributed by atoms with Gasteiger partial charge in [0.15, 0.2) is 0 Å². The maximum atomic E-state index is 4.29. The molecular formula is C30H56N2. The predicted molar refractivity (Wildman–Crippen MR) is 147 cm³/mol. The zero-order chi connectivity index (χ0) is 24.0. The molecule has 0 bridgehead atoms. The number of unbranched alkanes of at least 4 members (excludes halogenated alkanes) is 7. The van der Waals surface area contributed by atoms with E-state index in [9.17, 15) is 0 Å². The van der Waals surface area contributed by atoms with E-state index in [1.165, 1.54) is 94.0 Å². The summed E-state index contributed by atoms with van der Waals surface area (Å²) in [5, 5.41) is 3.23. The largest absolute Gasteiger partial charge is 0.391 e. The van der Waals surface area contributed by atoms with E-state index in [0.29, 0.717) is 0 Å². The lowest BCUT2D eigenvalue weighted by atomic mass is 10.0. The Kier molecular flexibility index (Phi) is 20.4. The molecule has 0 aliphatic heterocycles. The van der Waals surface area contributed by atoms with Gasteiger partial charge in [-0.25, -0.2) is 0 Å². The van der Waals surface area contributed by atoms with E-state index in [0.717, 1.165) is 38.8 Å². The Labute approximate surface area is 202 Å². The van der Waals surface area contributed by atoms with Gasteiger partial charge < -0.3 is 10.2 Å². The van der Waals surface area contributed by atoms with Crippen LogP contribution in [0, 0.1) is 0 Å². The number of nitrogens with one attached hydrogen (secondary N) is 1. The second-order valence-corrected chi connectivity index (χ2v) is 9.33. The number of hydrogen-bond acceptors (Lipinski definition) is 2. The summed E-state index contributed by atoms with van der Waals surface area (Å²) in [7, 11) is 0. The van der Waals surface area contributed by atoms with Gasteiger partial charge >= 0.3 is 0 Å². The van der Waals surface area contributed by atoms with E-state index in [1.54, 1.807) is 5.57 Å². The second-order valence-electron chi connectivity index (χ2n) is 9.33. The fourth-order valence-corrected chi connectivity index (χ4v) is 3.61. The molecular weight excluding hydrogens is 388 g/mol. The highest BCUT2D eigenvalue weighted by Gasteiger charge is 2.09. The molecule has 0 heterocycles. The highest BCUT2D eigenvalue weighted by Crippen LogP contribution is 2.26. The topological polar surface area (TPSA) is 15.3 Å². The first-order chi connectivity index (χ1) is 15.5. The molecule has 0 unspecified atom stereocenters. The van der Waals surface area contributed by atoms with Crippen LogP contribution in [0.25, 0.3) is 0 Å². The van der Waals surface area contributed by atoms with Crippen LogP contribution >= 0.6 is 0 Å². The molecule has 1 aliphatic carbocycles. The van der Waals surface area contributed by atoms with Gasteiger partial charge in [-0.2, -0.15) is 0 Å². The summed E-state index contributed by atoms with van der Waals surface area (Å²) in [6.45, 7) is 23.5.